The summed E-state index contributed by atoms with van der Waals surface area (Å²) in [5.74, 6) is 0. The van der Waals surface area contributed by atoms with Gasteiger partial charge < -0.3 is 20.3 Å². The van der Waals surface area contributed by atoms with Crippen LogP contribution in [-0.4, -0.2) is 55.2 Å². The number of nitrogens with two attached hydrogens (primary N) is 1. The summed E-state index contributed by atoms with van der Waals surface area (Å²) in [5, 5.41) is 9.91. The first kappa shape index (κ1) is 13.3. The lowest BCUT2D eigenvalue weighted by molar-refractivity contribution is 0.0996. The highest BCUT2D eigenvalue weighted by Crippen LogP contribution is 2.27. The second-order valence-electron chi connectivity index (χ2n) is 3.79. The zero-order valence-electron chi connectivity index (χ0n) is 9.22. The average Bonchev–Trinajstić information content (AvgIpc) is 2.27. The van der Waals surface area contributed by atoms with Gasteiger partial charge in [-0.3, -0.25) is 0 Å². The third-order valence-corrected chi connectivity index (χ3v) is 4.26. The lowest BCUT2D eigenvalue weighted by atomic mass is 10.2. The summed E-state index contributed by atoms with van der Waals surface area (Å²) in [7, 11) is 1.63. The van der Waals surface area contributed by atoms with E-state index in [2.05, 4.69) is 0 Å². The lowest BCUT2D eigenvalue weighted by Crippen LogP contribution is -2.40. The molecular formula is C10H21NO3S. The maximum absolute atomic E-state index is 9.27. The highest BCUT2D eigenvalue weighted by molar-refractivity contribution is 8.00. The van der Waals surface area contributed by atoms with E-state index in [9.17, 15) is 5.11 Å². The number of thioether (sulfide) groups is 1. The molecule has 0 aliphatic carbocycles. The lowest BCUT2D eigenvalue weighted by Gasteiger charge is -2.28. The van der Waals surface area contributed by atoms with Gasteiger partial charge in [0.25, 0.3) is 0 Å². The van der Waals surface area contributed by atoms with E-state index in [1.54, 1.807) is 18.9 Å². The summed E-state index contributed by atoms with van der Waals surface area (Å²) < 4.78 is 10.3. The van der Waals surface area contributed by atoms with Gasteiger partial charge in [-0.1, -0.05) is 0 Å². The van der Waals surface area contributed by atoms with Crippen LogP contribution in [0.3, 0.4) is 0 Å². The van der Waals surface area contributed by atoms with Crippen LogP contribution < -0.4 is 5.73 Å². The molecule has 1 rings (SSSR count). The first-order valence-corrected chi connectivity index (χ1v) is 6.30. The average molecular weight is 235 g/mol. The molecule has 4 nitrogen and oxygen atoms in total. The van der Waals surface area contributed by atoms with Crippen LogP contribution in [0.1, 0.15) is 12.8 Å². The fraction of sp³-hybridized carbons (Fsp3) is 1.00. The van der Waals surface area contributed by atoms with E-state index in [-0.39, 0.29) is 17.9 Å². The summed E-state index contributed by atoms with van der Waals surface area (Å²) in [4.78, 5) is 0. The number of methoxy groups -OCH3 is 1. The molecule has 0 aromatic carbocycles. The van der Waals surface area contributed by atoms with Crippen molar-refractivity contribution in [3.8, 4) is 0 Å². The van der Waals surface area contributed by atoms with Crippen LogP contribution in [0, 0.1) is 0 Å². The molecule has 15 heavy (non-hydrogen) atoms. The predicted octanol–water partition coefficient (Wildman–Crippen LogP) is 0.233. The van der Waals surface area contributed by atoms with Gasteiger partial charge in [0.05, 0.1) is 13.2 Å². The number of aliphatic hydroxyl groups excluding tert-OH is 1. The Morgan fingerprint density at radius 3 is 2.73 bits per heavy atom. The summed E-state index contributed by atoms with van der Waals surface area (Å²) in [6.45, 7) is 2.28. The normalized spacial score (nSPS) is 22.6. The van der Waals surface area contributed by atoms with Gasteiger partial charge in [0.1, 0.15) is 0 Å². The monoisotopic (exact) mass is 235 g/mol. The highest BCUT2D eigenvalue weighted by Gasteiger charge is 2.23. The van der Waals surface area contributed by atoms with Gasteiger partial charge in [-0.15, -0.1) is 0 Å². The van der Waals surface area contributed by atoms with Gasteiger partial charge in [-0.05, 0) is 12.8 Å². The number of ether oxygens (including phenoxy) is 2. The van der Waals surface area contributed by atoms with E-state index in [4.69, 9.17) is 15.2 Å². The van der Waals surface area contributed by atoms with E-state index < -0.39 is 0 Å². The van der Waals surface area contributed by atoms with Crippen molar-refractivity contribution in [3.05, 3.63) is 0 Å². The van der Waals surface area contributed by atoms with Crippen molar-refractivity contribution in [3.63, 3.8) is 0 Å². The number of rotatable bonds is 6. The molecular weight excluding hydrogens is 214 g/mol. The van der Waals surface area contributed by atoms with E-state index in [1.165, 1.54) is 0 Å². The van der Waals surface area contributed by atoms with Crippen molar-refractivity contribution in [1.29, 1.82) is 0 Å². The standard InChI is InChI=1S/C10H21NO3S/c1-13-7-9(11)10(6-12)15-8-2-4-14-5-3-8/h8-10,12H,2-7,11H2,1H3. The Morgan fingerprint density at radius 1 is 1.53 bits per heavy atom. The fourth-order valence-electron chi connectivity index (χ4n) is 1.64. The second-order valence-corrected chi connectivity index (χ2v) is 5.33. The van der Waals surface area contributed by atoms with Gasteiger partial charge in [0.2, 0.25) is 0 Å². The van der Waals surface area contributed by atoms with E-state index >= 15 is 0 Å². The first-order chi connectivity index (χ1) is 7.27. The quantitative estimate of drug-likeness (QED) is 0.690. The molecule has 0 saturated carbocycles. The van der Waals surface area contributed by atoms with Crippen molar-refractivity contribution >= 4 is 11.8 Å². The van der Waals surface area contributed by atoms with Crippen molar-refractivity contribution in [1.82, 2.24) is 0 Å². The van der Waals surface area contributed by atoms with Crippen LogP contribution >= 0.6 is 11.8 Å². The minimum absolute atomic E-state index is 0.0769. The molecule has 1 saturated heterocycles. The van der Waals surface area contributed by atoms with Crippen molar-refractivity contribution < 1.29 is 14.6 Å². The molecule has 1 heterocycles. The molecule has 2 unspecified atom stereocenters. The number of hydrogen-bond acceptors (Lipinski definition) is 5. The predicted molar refractivity (Wildman–Crippen MR) is 62.2 cm³/mol. The zero-order valence-corrected chi connectivity index (χ0v) is 10.0. The maximum Gasteiger partial charge on any atom is 0.0625 e. The summed E-state index contributed by atoms with van der Waals surface area (Å²) in [5.41, 5.74) is 5.92. The fourth-order valence-corrected chi connectivity index (χ4v) is 2.96. The summed E-state index contributed by atoms with van der Waals surface area (Å²) >= 11 is 1.78. The SMILES string of the molecule is COCC(N)C(CO)SC1CCOCC1. The van der Waals surface area contributed by atoms with Crippen molar-refractivity contribution in [2.24, 2.45) is 5.73 Å². The van der Waals surface area contributed by atoms with Crippen LogP contribution in [-0.2, 0) is 9.47 Å². The van der Waals surface area contributed by atoms with Gasteiger partial charge in [-0.2, -0.15) is 11.8 Å². The third-order valence-electron chi connectivity index (χ3n) is 2.55. The molecule has 0 aromatic heterocycles. The summed E-state index contributed by atoms with van der Waals surface area (Å²) in [6, 6.07) is -0.0900. The molecule has 1 aliphatic heterocycles. The Balaban J connectivity index is 2.30. The third kappa shape index (κ3) is 4.70. The Bertz CT molecular complexity index is 165. The van der Waals surface area contributed by atoms with Crippen LogP contribution in [0.5, 0.6) is 0 Å². The van der Waals surface area contributed by atoms with Crippen molar-refractivity contribution in [2.75, 3.05) is 33.5 Å². The molecule has 2 atom stereocenters. The minimum atomic E-state index is -0.0900. The number of hydrogen-bond donors (Lipinski definition) is 2. The van der Waals surface area contributed by atoms with Gasteiger partial charge >= 0.3 is 0 Å². The molecule has 0 amide bonds. The molecule has 0 aromatic rings. The Labute approximate surface area is 95.5 Å². The topological polar surface area (TPSA) is 64.7 Å². The largest absolute Gasteiger partial charge is 0.395 e. The maximum atomic E-state index is 9.27. The molecule has 5 heteroatoms. The Morgan fingerprint density at radius 2 is 2.20 bits per heavy atom. The second kappa shape index (κ2) is 7.46. The van der Waals surface area contributed by atoms with Gasteiger partial charge in [-0.25, -0.2) is 0 Å². The molecule has 1 fully saturated rings. The molecule has 0 radical (unpaired) electrons. The molecule has 90 valence electrons. The van der Waals surface area contributed by atoms with Crippen LogP contribution in [0.15, 0.2) is 0 Å². The van der Waals surface area contributed by atoms with Crippen LogP contribution in [0.4, 0.5) is 0 Å². The Kier molecular flexibility index (Phi) is 6.59. The summed E-state index contributed by atoms with van der Waals surface area (Å²) in [6.07, 6.45) is 2.11. The van der Waals surface area contributed by atoms with Crippen LogP contribution in [0.2, 0.25) is 0 Å². The first-order valence-electron chi connectivity index (χ1n) is 5.36. The van der Waals surface area contributed by atoms with Gasteiger partial charge in [0, 0.05) is 36.9 Å². The number of aliphatic hydroxyl groups is 1. The van der Waals surface area contributed by atoms with E-state index in [0.717, 1.165) is 26.1 Å². The zero-order chi connectivity index (χ0) is 11.1. The van der Waals surface area contributed by atoms with Crippen molar-refractivity contribution in [2.45, 2.75) is 29.4 Å². The van der Waals surface area contributed by atoms with Gasteiger partial charge in [0.15, 0.2) is 0 Å². The highest BCUT2D eigenvalue weighted by atomic mass is 32.2. The minimum Gasteiger partial charge on any atom is -0.395 e. The van der Waals surface area contributed by atoms with E-state index in [0.29, 0.717) is 11.9 Å². The molecule has 0 spiro atoms. The van der Waals surface area contributed by atoms with E-state index in [1.807, 2.05) is 0 Å². The molecule has 3 N–H and O–H groups in total. The van der Waals surface area contributed by atoms with Crippen LogP contribution in [0.25, 0.3) is 0 Å². The molecule has 0 bridgehead atoms. The molecule has 1 aliphatic rings. The Hall–Kier alpha value is 0.190. The smallest absolute Gasteiger partial charge is 0.0625 e.